The Balaban J connectivity index is 1.55. The van der Waals surface area contributed by atoms with E-state index in [1.807, 2.05) is 72.8 Å². The van der Waals surface area contributed by atoms with Gasteiger partial charge < -0.3 is 14.2 Å². The molecule has 1 aliphatic rings. The molecule has 26 heavy (non-hydrogen) atoms. The fourth-order valence-electron chi connectivity index (χ4n) is 2.72. The first kappa shape index (κ1) is 17.0. The van der Waals surface area contributed by atoms with Gasteiger partial charge in [0.05, 0.1) is 11.6 Å². The largest absolute Gasteiger partial charge is 0.485 e. The van der Waals surface area contributed by atoms with E-state index in [1.165, 1.54) is 0 Å². The van der Waals surface area contributed by atoms with Crippen LogP contribution in [0.4, 0.5) is 0 Å². The van der Waals surface area contributed by atoms with E-state index in [9.17, 15) is 0 Å². The predicted octanol–water partition coefficient (Wildman–Crippen LogP) is 5.57. The molecule has 4 rings (SSSR count). The van der Waals surface area contributed by atoms with Gasteiger partial charge in [-0.1, -0.05) is 72.3 Å². The molecule has 0 spiro atoms. The van der Waals surface area contributed by atoms with Gasteiger partial charge in [0.2, 0.25) is 0 Å². The molecule has 1 saturated heterocycles. The van der Waals surface area contributed by atoms with Crippen molar-refractivity contribution in [1.82, 2.24) is 0 Å². The van der Waals surface area contributed by atoms with E-state index in [4.69, 9.17) is 25.8 Å². The van der Waals surface area contributed by atoms with Crippen LogP contribution >= 0.6 is 11.6 Å². The van der Waals surface area contributed by atoms with Crippen LogP contribution in [0, 0.1) is 0 Å². The molecule has 0 N–H and O–H groups in total. The quantitative estimate of drug-likeness (QED) is 0.512. The monoisotopic (exact) mass is 366 g/mol. The third kappa shape index (κ3) is 4.18. The van der Waals surface area contributed by atoms with Crippen molar-refractivity contribution in [1.29, 1.82) is 0 Å². The van der Waals surface area contributed by atoms with Crippen molar-refractivity contribution in [2.75, 3.05) is 6.61 Å². The van der Waals surface area contributed by atoms with E-state index >= 15 is 0 Å². The summed E-state index contributed by atoms with van der Waals surface area (Å²) >= 11 is 6.42. The summed E-state index contributed by atoms with van der Waals surface area (Å²) in [6.07, 6.45) is 0.0600. The molecule has 0 bridgehead atoms. The first-order valence-corrected chi connectivity index (χ1v) is 8.96. The van der Waals surface area contributed by atoms with Crippen molar-refractivity contribution in [3.05, 3.63) is 94.5 Å². The van der Waals surface area contributed by atoms with Crippen molar-refractivity contribution < 1.29 is 14.2 Å². The first-order valence-electron chi connectivity index (χ1n) is 8.58. The molecule has 1 heterocycles. The highest BCUT2D eigenvalue weighted by atomic mass is 35.5. The topological polar surface area (TPSA) is 31.0 Å². The molecular weight excluding hydrogens is 348 g/mol. The second kappa shape index (κ2) is 7.81. The molecule has 0 aliphatic carbocycles. The maximum atomic E-state index is 6.42. The standard InChI is InChI=1S/C22H19ClO3/c23-19-12-21(25-14-17-9-5-2-6-10-17)20(11-18(19)22-15-26-22)24-13-16-7-3-1-4-8-16/h1-12,22H,13-15H2. The average Bonchev–Trinajstić information content (AvgIpc) is 3.52. The number of hydrogen-bond acceptors (Lipinski definition) is 3. The molecule has 3 aromatic carbocycles. The summed E-state index contributed by atoms with van der Waals surface area (Å²) in [5.74, 6) is 1.32. The zero-order valence-corrected chi connectivity index (χ0v) is 15.0. The zero-order chi connectivity index (χ0) is 17.8. The molecule has 1 atom stereocenters. The highest BCUT2D eigenvalue weighted by molar-refractivity contribution is 6.31. The summed E-state index contributed by atoms with van der Waals surface area (Å²) in [4.78, 5) is 0. The molecule has 0 saturated carbocycles. The highest BCUT2D eigenvalue weighted by Crippen LogP contribution is 2.41. The minimum atomic E-state index is 0.0600. The van der Waals surface area contributed by atoms with Crippen LogP contribution in [0.15, 0.2) is 72.8 Å². The number of epoxide rings is 1. The number of benzene rings is 3. The van der Waals surface area contributed by atoms with Gasteiger partial charge in [-0.15, -0.1) is 0 Å². The Kier molecular flexibility index (Phi) is 5.09. The molecule has 4 heteroatoms. The summed E-state index contributed by atoms with van der Waals surface area (Å²) < 4.78 is 17.4. The summed E-state index contributed by atoms with van der Waals surface area (Å²) in [5, 5.41) is 0.641. The van der Waals surface area contributed by atoms with Gasteiger partial charge in [0.1, 0.15) is 19.3 Å². The molecule has 132 valence electrons. The van der Waals surface area contributed by atoms with E-state index in [1.54, 1.807) is 0 Å². The van der Waals surface area contributed by atoms with Gasteiger partial charge in [-0.25, -0.2) is 0 Å². The zero-order valence-electron chi connectivity index (χ0n) is 14.2. The highest BCUT2D eigenvalue weighted by Gasteiger charge is 2.28. The number of halogens is 1. The normalized spacial score (nSPS) is 15.5. The molecule has 1 aliphatic heterocycles. The molecule has 0 aromatic heterocycles. The maximum absolute atomic E-state index is 6.42. The molecule has 0 amide bonds. The van der Waals surface area contributed by atoms with Crippen LogP contribution in [0.5, 0.6) is 11.5 Å². The van der Waals surface area contributed by atoms with Crippen LogP contribution in [0.2, 0.25) is 5.02 Å². The first-order chi connectivity index (χ1) is 12.8. The second-order valence-electron chi connectivity index (χ2n) is 6.19. The molecular formula is C22H19ClO3. The van der Waals surface area contributed by atoms with Gasteiger partial charge in [-0.2, -0.15) is 0 Å². The lowest BCUT2D eigenvalue weighted by Crippen LogP contribution is -2.02. The number of hydrogen-bond donors (Lipinski definition) is 0. The van der Waals surface area contributed by atoms with Crippen LogP contribution in [0.25, 0.3) is 0 Å². The fraction of sp³-hybridized carbons (Fsp3) is 0.182. The summed E-state index contributed by atoms with van der Waals surface area (Å²) in [5.41, 5.74) is 3.13. The third-order valence-electron chi connectivity index (χ3n) is 4.22. The molecule has 1 unspecified atom stereocenters. The van der Waals surface area contributed by atoms with Gasteiger partial charge in [0.25, 0.3) is 0 Å². The maximum Gasteiger partial charge on any atom is 0.163 e. The average molecular weight is 367 g/mol. The summed E-state index contributed by atoms with van der Waals surface area (Å²) in [7, 11) is 0. The van der Waals surface area contributed by atoms with E-state index in [0.29, 0.717) is 36.3 Å². The SMILES string of the molecule is Clc1cc(OCc2ccccc2)c(OCc2ccccc2)cc1C1CO1. The predicted molar refractivity (Wildman–Crippen MR) is 102 cm³/mol. The van der Waals surface area contributed by atoms with E-state index in [-0.39, 0.29) is 6.10 Å². The van der Waals surface area contributed by atoms with Crippen LogP contribution in [-0.2, 0) is 18.0 Å². The van der Waals surface area contributed by atoms with Gasteiger partial charge in [0, 0.05) is 11.6 Å². The fourth-order valence-corrected chi connectivity index (χ4v) is 3.00. The smallest absolute Gasteiger partial charge is 0.163 e. The van der Waals surface area contributed by atoms with Crippen molar-refractivity contribution in [3.8, 4) is 11.5 Å². The minimum Gasteiger partial charge on any atom is -0.485 e. The van der Waals surface area contributed by atoms with E-state index in [0.717, 1.165) is 16.7 Å². The van der Waals surface area contributed by atoms with Crippen molar-refractivity contribution in [2.24, 2.45) is 0 Å². The Hall–Kier alpha value is -2.49. The minimum absolute atomic E-state index is 0.0600. The van der Waals surface area contributed by atoms with Gasteiger partial charge >= 0.3 is 0 Å². The van der Waals surface area contributed by atoms with Crippen LogP contribution in [-0.4, -0.2) is 6.61 Å². The Labute approximate surface area is 158 Å². The Bertz CT molecular complexity index is 861. The van der Waals surface area contributed by atoms with Crippen LogP contribution in [0.3, 0.4) is 0 Å². The van der Waals surface area contributed by atoms with Gasteiger partial charge in [-0.05, 0) is 17.2 Å². The lowest BCUT2D eigenvalue weighted by Gasteiger charge is -2.15. The Morgan fingerprint density at radius 2 is 1.31 bits per heavy atom. The van der Waals surface area contributed by atoms with Crippen LogP contribution < -0.4 is 9.47 Å². The van der Waals surface area contributed by atoms with E-state index in [2.05, 4.69) is 0 Å². The third-order valence-corrected chi connectivity index (χ3v) is 4.54. The summed E-state index contributed by atoms with van der Waals surface area (Å²) in [6, 6.07) is 23.8. The van der Waals surface area contributed by atoms with Crippen LogP contribution in [0.1, 0.15) is 22.8 Å². The molecule has 1 fully saturated rings. The molecule has 3 aromatic rings. The number of rotatable bonds is 7. The molecule has 0 radical (unpaired) electrons. The lowest BCUT2D eigenvalue weighted by molar-refractivity contribution is 0.255. The van der Waals surface area contributed by atoms with Gasteiger partial charge in [0.15, 0.2) is 11.5 Å². The van der Waals surface area contributed by atoms with E-state index < -0.39 is 0 Å². The summed E-state index contributed by atoms with van der Waals surface area (Å²) in [6.45, 7) is 1.62. The van der Waals surface area contributed by atoms with Crippen molar-refractivity contribution in [2.45, 2.75) is 19.3 Å². The Morgan fingerprint density at radius 1 is 0.808 bits per heavy atom. The van der Waals surface area contributed by atoms with Crippen molar-refractivity contribution in [3.63, 3.8) is 0 Å². The lowest BCUT2D eigenvalue weighted by atomic mass is 10.1. The Morgan fingerprint density at radius 3 is 1.81 bits per heavy atom. The number of ether oxygens (including phenoxy) is 3. The second-order valence-corrected chi connectivity index (χ2v) is 6.60. The molecule has 3 nitrogen and oxygen atoms in total. The van der Waals surface area contributed by atoms with Gasteiger partial charge in [-0.3, -0.25) is 0 Å². The van der Waals surface area contributed by atoms with Crippen molar-refractivity contribution >= 4 is 11.6 Å².